The van der Waals surface area contributed by atoms with Crippen molar-refractivity contribution in [3.05, 3.63) is 46.2 Å². The molecule has 26 heavy (non-hydrogen) atoms. The van der Waals surface area contributed by atoms with E-state index in [1.807, 2.05) is 19.1 Å². The van der Waals surface area contributed by atoms with Crippen LogP contribution in [0.2, 0.25) is 5.15 Å². The van der Waals surface area contributed by atoms with Gasteiger partial charge in [-0.15, -0.1) is 0 Å². The fraction of sp³-hybridized carbons (Fsp3) is 0.444. The molecule has 0 saturated carbocycles. The summed E-state index contributed by atoms with van der Waals surface area (Å²) in [7, 11) is 1.26. The summed E-state index contributed by atoms with van der Waals surface area (Å²) in [4.78, 5) is 12.6. The van der Waals surface area contributed by atoms with Gasteiger partial charge in [-0.25, -0.2) is 0 Å². The largest absolute Gasteiger partial charge is 0.436 e. The molecule has 2 rings (SSSR count). The van der Waals surface area contributed by atoms with Crippen LogP contribution < -0.4 is 5.32 Å². The van der Waals surface area contributed by atoms with Crippen molar-refractivity contribution in [2.45, 2.75) is 39.3 Å². The van der Waals surface area contributed by atoms with Crippen LogP contribution in [0.15, 0.2) is 24.3 Å². The van der Waals surface area contributed by atoms with Crippen LogP contribution in [0.1, 0.15) is 54.7 Å². The molecular formula is C18H21ClF3N3O. The van der Waals surface area contributed by atoms with Crippen LogP contribution in [0.3, 0.4) is 0 Å². The number of carbonyl (C=O) groups is 1. The third-order valence-corrected chi connectivity index (χ3v) is 4.47. The molecule has 1 heterocycles. The number of anilines is 1. The fourth-order valence-electron chi connectivity index (χ4n) is 2.96. The number of aromatic nitrogens is 2. The Bertz CT molecular complexity index is 799. The fourth-order valence-corrected chi connectivity index (χ4v) is 3.18. The Balaban J connectivity index is 2.38. The molecule has 0 aliphatic heterocycles. The Morgan fingerprint density at radius 1 is 1.27 bits per heavy atom. The molecule has 0 spiro atoms. The highest BCUT2D eigenvalue weighted by Gasteiger charge is 2.41. The van der Waals surface area contributed by atoms with Crippen LogP contribution in [0.4, 0.5) is 18.9 Å². The molecule has 1 unspecified atom stereocenters. The van der Waals surface area contributed by atoms with Crippen LogP contribution in [-0.4, -0.2) is 15.7 Å². The number of para-hydroxylation sites is 1. The van der Waals surface area contributed by atoms with E-state index in [1.54, 1.807) is 12.1 Å². The number of nitrogens with one attached hydrogen (secondary N) is 1. The standard InChI is InChI=1S/C18H21ClF3N3O/c1-10(2)9-11(3)12-7-5-6-8-13(12)23-17(26)14-15(18(20,21)22)24-25(4)16(14)19/h5-8,10-11H,9H2,1-4H3,(H,23,26). The van der Waals surface area contributed by atoms with Gasteiger partial charge in [0.1, 0.15) is 10.7 Å². The SMILES string of the molecule is CC(C)CC(C)c1ccccc1NC(=O)c1c(C(F)(F)F)nn(C)c1Cl. The summed E-state index contributed by atoms with van der Waals surface area (Å²) in [6.45, 7) is 6.19. The van der Waals surface area contributed by atoms with Gasteiger partial charge in [0, 0.05) is 12.7 Å². The van der Waals surface area contributed by atoms with E-state index in [0.717, 1.165) is 16.7 Å². The van der Waals surface area contributed by atoms with E-state index in [2.05, 4.69) is 24.3 Å². The predicted molar refractivity (Wildman–Crippen MR) is 95.5 cm³/mol. The lowest BCUT2D eigenvalue weighted by molar-refractivity contribution is -0.141. The predicted octanol–water partition coefficient (Wildman–Crippen LogP) is 5.49. The minimum Gasteiger partial charge on any atom is -0.322 e. The van der Waals surface area contributed by atoms with Crippen LogP contribution in [0, 0.1) is 5.92 Å². The van der Waals surface area contributed by atoms with Crippen LogP contribution in [0.25, 0.3) is 0 Å². The molecule has 1 amide bonds. The van der Waals surface area contributed by atoms with Gasteiger partial charge in [-0.2, -0.15) is 18.3 Å². The first-order valence-corrected chi connectivity index (χ1v) is 8.60. The van der Waals surface area contributed by atoms with Crippen molar-refractivity contribution in [3.8, 4) is 0 Å². The molecule has 0 fully saturated rings. The van der Waals surface area contributed by atoms with Crippen molar-refractivity contribution in [2.24, 2.45) is 13.0 Å². The summed E-state index contributed by atoms with van der Waals surface area (Å²) in [5.74, 6) is -0.351. The number of nitrogens with zero attached hydrogens (tertiary/aromatic N) is 2. The molecule has 8 heteroatoms. The Labute approximate surface area is 155 Å². The molecule has 0 aliphatic rings. The Morgan fingerprint density at radius 2 is 1.88 bits per heavy atom. The maximum atomic E-state index is 13.2. The zero-order valence-corrected chi connectivity index (χ0v) is 15.7. The summed E-state index contributed by atoms with van der Waals surface area (Å²) in [6, 6.07) is 7.08. The van der Waals surface area contributed by atoms with Gasteiger partial charge in [-0.05, 0) is 29.9 Å². The molecule has 0 aliphatic carbocycles. The number of amides is 1. The van der Waals surface area contributed by atoms with Crippen LogP contribution >= 0.6 is 11.6 Å². The minimum atomic E-state index is -4.78. The van der Waals surface area contributed by atoms with E-state index in [0.29, 0.717) is 11.6 Å². The molecule has 1 aromatic carbocycles. The number of hydrogen-bond donors (Lipinski definition) is 1. The normalized spacial score (nSPS) is 13.1. The van der Waals surface area contributed by atoms with E-state index < -0.39 is 23.3 Å². The highest BCUT2D eigenvalue weighted by molar-refractivity contribution is 6.33. The number of halogens is 4. The average molecular weight is 388 g/mol. The molecular weight excluding hydrogens is 367 g/mol. The Kier molecular flexibility index (Phi) is 6.01. The molecule has 0 radical (unpaired) electrons. The van der Waals surface area contributed by atoms with Gasteiger partial charge < -0.3 is 5.32 Å². The molecule has 0 saturated heterocycles. The number of aryl methyl sites for hydroxylation is 1. The second-order valence-corrected chi connectivity index (χ2v) is 7.07. The lowest BCUT2D eigenvalue weighted by atomic mass is 9.91. The van der Waals surface area contributed by atoms with Gasteiger partial charge in [0.2, 0.25) is 0 Å². The molecule has 4 nitrogen and oxygen atoms in total. The zero-order chi connectivity index (χ0) is 19.6. The molecule has 142 valence electrons. The summed E-state index contributed by atoms with van der Waals surface area (Å²) < 4.78 is 40.4. The monoisotopic (exact) mass is 387 g/mol. The minimum absolute atomic E-state index is 0.137. The number of carbonyl (C=O) groups excluding carboxylic acids is 1. The van der Waals surface area contributed by atoms with Gasteiger partial charge in [0.25, 0.3) is 5.91 Å². The van der Waals surface area contributed by atoms with Crippen molar-refractivity contribution < 1.29 is 18.0 Å². The smallest absolute Gasteiger partial charge is 0.322 e. The molecule has 1 atom stereocenters. The first-order valence-electron chi connectivity index (χ1n) is 8.22. The molecule has 1 N–H and O–H groups in total. The quantitative estimate of drug-likeness (QED) is 0.736. The van der Waals surface area contributed by atoms with E-state index in [1.165, 1.54) is 7.05 Å². The molecule has 1 aromatic heterocycles. The second kappa shape index (κ2) is 7.70. The van der Waals surface area contributed by atoms with Crippen molar-refractivity contribution >= 4 is 23.2 Å². The van der Waals surface area contributed by atoms with Gasteiger partial charge in [-0.1, -0.05) is 50.6 Å². The van der Waals surface area contributed by atoms with Gasteiger partial charge in [0.15, 0.2) is 5.69 Å². The van der Waals surface area contributed by atoms with E-state index in [4.69, 9.17) is 11.6 Å². The van der Waals surface area contributed by atoms with Crippen LogP contribution in [-0.2, 0) is 13.2 Å². The van der Waals surface area contributed by atoms with Gasteiger partial charge in [0.05, 0.1) is 0 Å². The molecule has 0 bridgehead atoms. The van der Waals surface area contributed by atoms with E-state index >= 15 is 0 Å². The lowest BCUT2D eigenvalue weighted by Gasteiger charge is -2.19. The maximum absolute atomic E-state index is 13.2. The summed E-state index contributed by atoms with van der Waals surface area (Å²) >= 11 is 5.89. The molecule has 2 aromatic rings. The summed E-state index contributed by atoms with van der Waals surface area (Å²) in [5.41, 5.74) is -0.634. The summed E-state index contributed by atoms with van der Waals surface area (Å²) in [5, 5.41) is 5.55. The summed E-state index contributed by atoms with van der Waals surface area (Å²) in [6.07, 6.45) is -3.89. The van der Waals surface area contributed by atoms with Gasteiger partial charge >= 0.3 is 6.18 Å². The Morgan fingerprint density at radius 3 is 2.46 bits per heavy atom. The highest BCUT2D eigenvalue weighted by atomic mass is 35.5. The van der Waals surface area contributed by atoms with Crippen molar-refractivity contribution in [1.29, 1.82) is 0 Å². The topological polar surface area (TPSA) is 46.9 Å². The third kappa shape index (κ3) is 4.38. The maximum Gasteiger partial charge on any atom is 0.436 e. The first kappa shape index (κ1) is 20.3. The number of alkyl halides is 3. The first-order chi connectivity index (χ1) is 12.0. The van der Waals surface area contributed by atoms with Gasteiger partial charge in [-0.3, -0.25) is 9.48 Å². The zero-order valence-electron chi connectivity index (χ0n) is 15.0. The Hall–Kier alpha value is -2.02. The number of benzene rings is 1. The third-order valence-electron chi connectivity index (χ3n) is 4.04. The second-order valence-electron chi connectivity index (χ2n) is 6.71. The van der Waals surface area contributed by atoms with Crippen molar-refractivity contribution in [3.63, 3.8) is 0 Å². The van der Waals surface area contributed by atoms with Crippen molar-refractivity contribution in [1.82, 2.24) is 9.78 Å². The number of rotatable bonds is 5. The van der Waals surface area contributed by atoms with E-state index in [9.17, 15) is 18.0 Å². The van der Waals surface area contributed by atoms with Crippen molar-refractivity contribution in [2.75, 3.05) is 5.32 Å². The lowest BCUT2D eigenvalue weighted by Crippen LogP contribution is -2.19. The van der Waals surface area contributed by atoms with Crippen LogP contribution in [0.5, 0.6) is 0 Å². The average Bonchev–Trinajstić information content (AvgIpc) is 2.83. The van der Waals surface area contributed by atoms with E-state index in [-0.39, 0.29) is 11.1 Å². The highest BCUT2D eigenvalue weighted by Crippen LogP contribution is 2.35. The number of hydrogen-bond acceptors (Lipinski definition) is 2.